The van der Waals surface area contributed by atoms with E-state index >= 15 is 0 Å². The largest absolute Gasteiger partial charge is 0.355 e. The van der Waals surface area contributed by atoms with Crippen LogP contribution in [0.3, 0.4) is 0 Å². The predicted molar refractivity (Wildman–Crippen MR) is 132 cm³/mol. The lowest BCUT2D eigenvalue weighted by atomic mass is 10.1. The van der Waals surface area contributed by atoms with Crippen molar-refractivity contribution < 1.29 is 22.4 Å². The van der Waals surface area contributed by atoms with Crippen molar-refractivity contribution in [3.05, 3.63) is 66.0 Å². The Hall–Kier alpha value is -2.94. The fourth-order valence-electron chi connectivity index (χ4n) is 3.82. The van der Waals surface area contributed by atoms with Crippen molar-refractivity contribution in [2.75, 3.05) is 30.2 Å². The van der Waals surface area contributed by atoms with Crippen LogP contribution in [-0.2, 0) is 26.0 Å². The van der Waals surface area contributed by atoms with E-state index in [1.807, 2.05) is 44.2 Å². The summed E-state index contributed by atoms with van der Waals surface area (Å²) in [7, 11) is -3.74. The van der Waals surface area contributed by atoms with Crippen LogP contribution in [0, 0.1) is 5.82 Å². The van der Waals surface area contributed by atoms with Gasteiger partial charge in [-0.2, -0.15) is 0 Å². The van der Waals surface area contributed by atoms with E-state index in [2.05, 4.69) is 5.32 Å². The molecule has 1 N–H and O–H groups in total. The molecule has 0 aliphatic heterocycles. The van der Waals surface area contributed by atoms with E-state index in [1.54, 1.807) is 11.0 Å². The normalized spacial score (nSPS) is 12.1. The van der Waals surface area contributed by atoms with Crippen LogP contribution >= 0.6 is 0 Å². The maximum Gasteiger partial charge on any atom is 0.242 e. The lowest BCUT2D eigenvalue weighted by Crippen LogP contribution is -2.50. The number of anilines is 1. The average Bonchev–Trinajstić information content (AvgIpc) is 2.80. The Morgan fingerprint density at radius 3 is 2.24 bits per heavy atom. The van der Waals surface area contributed by atoms with E-state index in [4.69, 9.17) is 0 Å². The van der Waals surface area contributed by atoms with E-state index in [9.17, 15) is 22.4 Å². The van der Waals surface area contributed by atoms with Crippen LogP contribution in [0.1, 0.15) is 38.7 Å². The predicted octanol–water partition coefficient (Wildman–Crippen LogP) is 3.36. The van der Waals surface area contributed by atoms with E-state index in [0.29, 0.717) is 25.9 Å². The van der Waals surface area contributed by atoms with Crippen molar-refractivity contribution in [2.24, 2.45) is 0 Å². The van der Waals surface area contributed by atoms with Crippen molar-refractivity contribution in [1.82, 2.24) is 10.2 Å². The molecule has 0 spiro atoms. The molecule has 0 fully saturated rings. The Labute approximate surface area is 202 Å². The minimum absolute atomic E-state index is 0.0329. The number of carbonyl (C=O) groups is 2. The molecule has 0 saturated carbocycles. The van der Waals surface area contributed by atoms with Crippen molar-refractivity contribution in [3.63, 3.8) is 0 Å². The zero-order chi connectivity index (χ0) is 25.1. The first-order valence-electron chi connectivity index (χ1n) is 11.5. The van der Waals surface area contributed by atoms with Gasteiger partial charge in [0.1, 0.15) is 11.9 Å². The highest BCUT2D eigenvalue weighted by Gasteiger charge is 2.28. The van der Waals surface area contributed by atoms with Crippen molar-refractivity contribution in [1.29, 1.82) is 0 Å². The van der Waals surface area contributed by atoms with E-state index < -0.39 is 21.9 Å². The van der Waals surface area contributed by atoms with Crippen LogP contribution in [0.25, 0.3) is 0 Å². The Bertz CT molecular complexity index is 1050. The molecule has 34 heavy (non-hydrogen) atoms. The number of halogens is 1. The first kappa shape index (κ1) is 27.3. The zero-order valence-electron chi connectivity index (χ0n) is 20.0. The van der Waals surface area contributed by atoms with Gasteiger partial charge < -0.3 is 10.2 Å². The van der Waals surface area contributed by atoms with Gasteiger partial charge in [0.05, 0.1) is 11.9 Å². The lowest BCUT2D eigenvalue weighted by Gasteiger charge is -2.31. The summed E-state index contributed by atoms with van der Waals surface area (Å²) in [5.41, 5.74) is 1.00. The molecule has 0 aliphatic rings. The highest BCUT2D eigenvalue weighted by Crippen LogP contribution is 2.22. The first-order valence-corrected chi connectivity index (χ1v) is 13.4. The SMILES string of the molecule is CCNC(=O)[C@@H](CC)N(CCc1ccccc1)C(=O)CCCN(c1ccccc1F)S(C)(=O)=O. The topological polar surface area (TPSA) is 86.8 Å². The Morgan fingerprint density at radius 2 is 1.65 bits per heavy atom. The molecular weight excluding hydrogens is 457 g/mol. The van der Waals surface area contributed by atoms with Crippen LogP contribution in [0.2, 0.25) is 0 Å². The molecule has 2 amide bonds. The first-order chi connectivity index (χ1) is 16.2. The van der Waals surface area contributed by atoms with Gasteiger partial charge in [-0.05, 0) is 43.9 Å². The second-order valence-corrected chi connectivity index (χ2v) is 9.94. The summed E-state index contributed by atoms with van der Waals surface area (Å²) in [6.45, 7) is 4.45. The molecule has 0 aliphatic carbocycles. The minimum Gasteiger partial charge on any atom is -0.355 e. The molecule has 0 radical (unpaired) electrons. The number of benzene rings is 2. The highest BCUT2D eigenvalue weighted by atomic mass is 32.2. The van der Waals surface area contributed by atoms with Gasteiger partial charge in [0, 0.05) is 26.1 Å². The summed E-state index contributed by atoms with van der Waals surface area (Å²) in [6.07, 6.45) is 2.28. The summed E-state index contributed by atoms with van der Waals surface area (Å²) in [5.74, 6) is -1.10. The van der Waals surface area contributed by atoms with Gasteiger partial charge in [-0.3, -0.25) is 13.9 Å². The fraction of sp³-hybridized carbons (Fsp3) is 0.440. The van der Waals surface area contributed by atoms with Crippen molar-refractivity contribution in [2.45, 2.75) is 45.6 Å². The summed E-state index contributed by atoms with van der Waals surface area (Å²) in [5, 5.41) is 2.79. The highest BCUT2D eigenvalue weighted by molar-refractivity contribution is 7.92. The number of hydrogen-bond donors (Lipinski definition) is 1. The molecule has 0 saturated heterocycles. The lowest BCUT2D eigenvalue weighted by molar-refractivity contribution is -0.140. The van der Waals surface area contributed by atoms with Gasteiger partial charge in [0.15, 0.2) is 0 Å². The van der Waals surface area contributed by atoms with Crippen LogP contribution in [0.4, 0.5) is 10.1 Å². The monoisotopic (exact) mass is 491 g/mol. The summed E-state index contributed by atoms with van der Waals surface area (Å²) in [6, 6.07) is 14.7. The average molecular weight is 492 g/mol. The number of nitrogens with zero attached hydrogens (tertiary/aromatic N) is 2. The molecule has 9 heteroatoms. The quantitative estimate of drug-likeness (QED) is 0.466. The zero-order valence-corrected chi connectivity index (χ0v) is 20.9. The van der Waals surface area contributed by atoms with Gasteiger partial charge in [-0.15, -0.1) is 0 Å². The Kier molecular flexibility index (Phi) is 10.5. The van der Waals surface area contributed by atoms with E-state index in [0.717, 1.165) is 16.1 Å². The van der Waals surface area contributed by atoms with E-state index in [1.165, 1.54) is 18.2 Å². The molecule has 0 bridgehead atoms. The minimum atomic E-state index is -3.74. The van der Waals surface area contributed by atoms with Crippen molar-refractivity contribution in [3.8, 4) is 0 Å². The van der Waals surface area contributed by atoms with E-state index in [-0.39, 0.29) is 36.9 Å². The molecule has 0 aromatic heterocycles. The molecule has 186 valence electrons. The Balaban J connectivity index is 2.14. The molecular formula is C25H34FN3O4S. The second kappa shape index (κ2) is 13.1. The van der Waals surface area contributed by atoms with Gasteiger partial charge in [0.25, 0.3) is 0 Å². The molecule has 1 atom stereocenters. The third-order valence-electron chi connectivity index (χ3n) is 5.49. The fourth-order valence-corrected chi connectivity index (χ4v) is 4.79. The van der Waals surface area contributed by atoms with Crippen LogP contribution in [0.5, 0.6) is 0 Å². The van der Waals surface area contributed by atoms with Crippen LogP contribution < -0.4 is 9.62 Å². The maximum absolute atomic E-state index is 14.2. The molecule has 2 aromatic rings. The van der Waals surface area contributed by atoms with Crippen molar-refractivity contribution >= 4 is 27.5 Å². The number of carbonyl (C=O) groups excluding carboxylic acids is 2. The smallest absolute Gasteiger partial charge is 0.242 e. The molecule has 0 heterocycles. The number of rotatable bonds is 13. The summed E-state index contributed by atoms with van der Waals surface area (Å²) >= 11 is 0. The van der Waals surface area contributed by atoms with Gasteiger partial charge in [-0.25, -0.2) is 12.8 Å². The van der Waals surface area contributed by atoms with Crippen LogP contribution in [-0.4, -0.2) is 57.1 Å². The third-order valence-corrected chi connectivity index (χ3v) is 6.67. The number of hydrogen-bond acceptors (Lipinski definition) is 4. The number of amides is 2. The third kappa shape index (κ3) is 7.83. The van der Waals surface area contributed by atoms with Gasteiger partial charge >= 0.3 is 0 Å². The molecule has 0 unspecified atom stereocenters. The number of nitrogens with one attached hydrogen (secondary N) is 1. The molecule has 7 nitrogen and oxygen atoms in total. The van der Waals surface area contributed by atoms with Crippen LogP contribution in [0.15, 0.2) is 54.6 Å². The van der Waals surface area contributed by atoms with Gasteiger partial charge in [-0.1, -0.05) is 49.4 Å². The second-order valence-electron chi connectivity index (χ2n) is 8.03. The standard InChI is InChI=1S/C25H34FN3O4S/c1-4-22(25(31)27-5-2)28(19-17-20-12-7-6-8-13-20)24(30)16-11-18-29(34(3,32)33)23-15-10-9-14-21(23)26/h6-10,12-15,22H,4-5,11,16-19H2,1-3H3,(H,27,31)/t22-/m1/s1. The molecule has 2 rings (SSSR count). The van der Waals surface area contributed by atoms with Gasteiger partial charge in [0.2, 0.25) is 21.8 Å². The number of likely N-dealkylation sites (N-methyl/N-ethyl adjacent to an activating group) is 1. The number of para-hydroxylation sites is 1. The summed E-state index contributed by atoms with van der Waals surface area (Å²) in [4.78, 5) is 27.4. The molecule has 2 aromatic carbocycles. The summed E-state index contributed by atoms with van der Waals surface area (Å²) < 4.78 is 39.8. The number of sulfonamides is 1. The maximum atomic E-state index is 14.2. The Morgan fingerprint density at radius 1 is 1.00 bits per heavy atom.